The fraction of sp³-hybridized carbons (Fsp3) is 0.533. The molecule has 1 amide bonds. The van der Waals surface area contributed by atoms with E-state index in [0.717, 1.165) is 48.8 Å². The van der Waals surface area contributed by atoms with Crippen LogP contribution in [0.5, 0.6) is 0 Å². The zero-order valence-electron chi connectivity index (χ0n) is 11.4. The maximum absolute atomic E-state index is 12.8. The molecule has 1 heterocycles. The minimum atomic E-state index is -0.637. The van der Waals surface area contributed by atoms with Gasteiger partial charge >= 0.3 is 0 Å². The smallest absolute Gasteiger partial charge is 0.247 e. The molecule has 20 heavy (non-hydrogen) atoms. The van der Waals surface area contributed by atoms with E-state index in [0.29, 0.717) is 0 Å². The summed E-state index contributed by atoms with van der Waals surface area (Å²) >= 11 is 3.48. The van der Waals surface area contributed by atoms with E-state index in [1.165, 1.54) is 12.0 Å². The second-order valence-corrected chi connectivity index (χ2v) is 6.61. The van der Waals surface area contributed by atoms with Gasteiger partial charge in [0.25, 0.3) is 0 Å². The van der Waals surface area contributed by atoms with Gasteiger partial charge in [0.1, 0.15) is 0 Å². The topological polar surface area (TPSA) is 46.3 Å². The Morgan fingerprint density at radius 2 is 1.95 bits per heavy atom. The molecule has 1 fully saturated rings. The molecule has 0 bridgehead atoms. The number of nitrogens with two attached hydrogens (primary N) is 1. The number of amides is 1. The second kappa shape index (κ2) is 6.04. The lowest BCUT2D eigenvalue weighted by Crippen LogP contribution is -2.56. The molecule has 0 aromatic heterocycles. The van der Waals surface area contributed by atoms with Crippen LogP contribution in [0, 0.1) is 0 Å². The molecule has 5 heteroatoms. The van der Waals surface area contributed by atoms with Gasteiger partial charge in [-0.15, -0.1) is 12.4 Å². The Kier molecular flexibility index (Phi) is 4.77. The van der Waals surface area contributed by atoms with Crippen molar-refractivity contribution in [1.82, 2.24) is 0 Å². The Hall–Kier alpha value is -0.580. The molecule has 1 aliphatic heterocycles. The van der Waals surface area contributed by atoms with Gasteiger partial charge < -0.3 is 10.6 Å². The molecule has 1 aromatic rings. The Balaban J connectivity index is 0.00000147. The molecule has 0 saturated heterocycles. The number of hydrogen-bond donors (Lipinski definition) is 1. The minimum absolute atomic E-state index is 0. The van der Waals surface area contributed by atoms with Gasteiger partial charge in [-0.2, -0.15) is 0 Å². The number of fused-ring (bicyclic) bond motifs is 1. The largest absolute Gasteiger partial charge is 0.317 e. The van der Waals surface area contributed by atoms with Gasteiger partial charge in [0.2, 0.25) is 5.91 Å². The number of hydrogen-bond acceptors (Lipinski definition) is 2. The predicted molar refractivity (Wildman–Crippen MR) is 87.5 cm³/mol. The number of halogens is 2. The lowest BCUT2D eigenvalue weighted by Gasteiger charge is -2.35. The number of benzene rings is 1. The normalized spacial score (nSPS) is 20.2. The summed E-state index contributed by atoms with van der Waals surface area (Å²) < 4.78 is 1.01. The Morgan fingerprint density at radius 1 is 1.25 bits per heavy atom. The van der Waals surface area contributed by atoms with Gasteiger partial charge in [0.15, 0.2) is 0 Å². The van der Waals surface area contributed by atoms with E-state index in [9.17, 15) is 4.79 Å². The highest BCUT2D eigenvalue weighted by Crippen LogP contribution is 2.35. The van der Waals surface area contributed by atoms with Crippen LogP contribution >= 0.6 is 28.3 Å². The molecule has 2 N–H and O–H groups in total. The first-order valence-corrected chi connectivity index (χ1v) is 7.79. The van der Waals surface area contributed by atoms with Crippen molar-refractivity contribution in [2.24, 2.45) is 5.73 Å². The Bertz CT molecular complexity index is 515. The van der Waals surface area contributed by atoms with E-state index < -0.39 is 5.54 Å². The van der Waals surface area contributed by atoms with E-state index in [4.69, 9.17) is 5.73 Å². The third-order valence-electron chi connectivity index (χ3n) is 4.36. The molecule has 1 saturated carbocycles. The van der Waals surface area contributed by atoms with Crippen molar-refractivity contribution < 1.29 is 4.79 Å². The van der Waals surface area contributed by atoms with Crippen LogP contribution in [0.2, 0.25) is 0 Å². The SMILES string of the molecule is Cl.NC1(C(=O)N2CCc3ccc(Br)cc32)CCCCC1. The highest BCUT2D eigenvalue weighted by molar-refractivity contribution is 9.10. The molecule has 110 valence electrons. The summed E-state index contributed by atoms with van der Waals surface area (Å²) in [7, 11) is 0. The Labute approximate surface area is 134 Å². The fourth-order valence-electron chi connectivity index (χ4n) is 3.23. The van der Waals surface area contributed by atoms with Crippen LogP contribution in [-0.2, 0) is 11.2 Å². The van der Waals surface area contributed by atoms with Crippen LogP contribution < -0.4 is 10.6 Å². The minimum Gasteiger partial charge on any atom is -0.317 e. The lowest BCUT2D eigenvalue weighted by atomic mass is 9.81. The third-order valence-corrected chi connectivity index (χ3v) is 4.85. The van der Waals surface area contributed by atoms with Crippen LogP contribution in [-0.4, -0.2) is 18.0 Å². The number of nitrogens with zero attached hydrogens (tertiary/aromatic N) is 1. The van der Waals surface area contributed by atoms with E-state index in [2.05, 4.69) is 22.0 Å². The molecule has 0 spiro atoms. The molecule has 0 radical (unpaired) electrons. The summed E-state index contributed by atoms with van der Waals surface area (Å²) in [6, 6.07) is 6.16. The number of anilines is 1. The van der Waals surface area contributed by atoms with Crippen molar-refractivity contribution >= 4 is 39.9 Å². The maximum atomic E-state index is 12.8. The summed E-state index contributed by atoms with van der Waals surface area (Å²) in [6.07, 6.45) is 5.93. The van der Waals surface area contributed by atoms with Crippen LogP contribution in [0.25, 0.3) is 0 Å². The molecular weight excluding hydrogens is 340 g/mol. The van der Waals surface area contributed by atoms with Crippen molar-refractivity contribution in [3.05, 3.63) is 28.2 Å². The van der Waals surface area contributed by atoms with E-state index in [1.807, 2.05) is 17.0 Å². The van der Waals surface area contributed by atoms with Crippen molar-refractivity contribution in [2.45, 2.75) is 44.1 Å². The van der Waals surface area contributed by atoms with Gasteiger partial charge in [-0.1, -0.05) is 41.3 Å². The lowest BCUT2D eigenvalue weighted by molar-refractivity contribution is -0.124. The molecule has 3 rings (SSSR count). The quantitative estimate of drug-likeness (QED) is 0.835. The summed E-state index contributed by atoms with van der Waals surface area (Å²) in [5.41, 5.74) is 8.02. The molecule has 3 nitrogen and oxygen atoms in total. The average molecular weight is 360 g/mol. The molecule has 1 aliphatic carbocycles. The van der Waals surface area contributed by atoms with Crippen molar-refractivity contribution in [3.63, 3.8) is 0 Å². The Morgan fingerprint density at radius 3 is 2.65 bits per heavy atom. The van der Waals surface area contributed by atoms with Crippen LogP contribution in [0.15, 0.2) is 22.7 Å². The molecule has 0 unspecified atom stereocenters. The molecule has 1 aromatic carbocycles. The maximum Gasteiger partial charge on any atom is 0.247 e. The summed E-state index contributed by atoms with van der Waals surface area (Å²) in [5.74, 6) is 0.115. The van der Waals surface area contributed by atoms with Crippen LogP contribution in [0.3, 0.4) is 0 Å². The summed E-state index contributed by atoms with van der Waals surface area (Å²) in [4.78, 5) is 14.7. The van der Waals surface area contributed by atoms with Gasteiger partial charge in [-0.3, -0.25) is 4.79 Å². The van der Waals surface area contributed by atoms with Gasteiger partial charge in [-0.25, -0.2) is 0 Å². The van der Waals surface area contributed by atoms with Crippen LogP contribution in [0.4, 0.5) is 5.69 Å². The number of carbonyl (C=O) groups is 1. The third kappa shape index (κ3) is 2.74. The van der Waals surface area contributed by atoms with Crippen molar-refractivity contribution in [3.8, 4) is 0 Å². The number of rotatable bonds is 1. The zero-order chi connectivity index (χ0) is 13.5. The average Bonchev–Trinajstić information content (AvgIpc) is 2.81. The van der Waals surface area contributed by atoms with Crippen molar-refractivity contribution in [1.29, 1.82) is 0 Å². The van der Waals surface area contributed by atoms with Crippen molar-refractivity contribution in [2.75, 3.05) is 11.4 Å². The summed E-state index contributed by atoms with van der Waals surface area (Å²) in [5, 5.41) is 0. The first-order valence-electron chi connectivity index (χ1n) is 6.99. The summed E-state index contributed by atoms with van der Waals surface area (Å²) in [6.45, 7) is 0.767. The fourth-order valence-corrected chi connectivity index (χ4v) is 3.58. The van der Waals surface area contributed by atoms with E-state index >= 15 is 0 Å². The molecular formula is C15H20BrClN2O. The van der Waals surface area contributed by atoms with Gasteiger partial charge in [-0.05, 0) is 37.0 Å². The zero-order valence-corrected chi connectivity index (χ0v) is 13.8. The highest BCUT2D eigenvalue weighted by atomic mass is 79.9. The standard InChI is InChI=1S/C15H19BrN2O.ClH/c16-12-5-4-11-6-9-18(13(11)10-12)14(19)15(17)7-2-1-3-8-15;/h4-5,10H,1-3,6-9,17H2;1H. The molecule has 2 aliphatic rings. The first-order chi connectivity index (χ1) is 9.10. The van der Waals surface area contributed by atoms with Crippen LogP contribution in [0.1, 0.15) is 37.7 Å². The first kappa shape index (κ1) is 15.8. The number of carbonyl (C=O) groups excluding carboxylic acids is 1. The molecule has 0 atom stereocenters. The highest BCUT2D eigenvalue weighted by Gasteiger charge is 2.40. The van der Waals surface area contributed by atoms with E-state index in [1.54, 1.807) is 0 Å². The van der Waals surface area contributed by atoms with Gasteiger partial charge in [0, 0.05) is 16.7 Å². The second-order valence-electron chi connectivity index (χ2n) is 5.70. The monoisotopic (exact) mass is 358 g/mol. The van der Waals surface area contributed by atoms with E-state index in [-0.39, 0.29) is 18.3 Å². The predicted octanol–water partition coefficient (Wildman–Crippen LogP) is 3.42. The van der Waals surface area contributed by atoms with Gasteiger partial charge in [0.05, 0.1) is 5.54 Å².